The van der Waals surface area contributed by atoms with E-state index in [2.05, 4.69) is 34.5 Å². The van der Waals surface area contributed by atoms with Gasteiger partial charge in [-0.1, -0.05) is 30.3 Å². The highest BCUT2D eigenvalue weighted by Gasteiger charge is 2.20. The molecule has 2 N–H and O–H groups in total. The van der Waals surface area contributed by atoms with Gasteiger partial charge in [-0.15, -0.1) is 0 Å². The van der Waals surface area contributed by atoms with Gasteiger partial charge in [0.2, 0.25) is 0 Å². The average Bonchev–Trinajstić information content (AvgIpc) is 2.38. The SMILES string of the molecule is OCC1CNCCN1CCc1ccccc1. The maximum Gasteiger partial charge on any atom is 0.0599 e. The lowest BCUT2D eigenvalue weighted by molar-refractivity contribution is 0.102. The molecule has 0 saturated carbocycles. The zero-order valence-electron chi connectivity index (χ0n) is 9.60. The predicted octanol–water partition coefficient (Wildman–Crippen LogP) is 0.495. The zero-order valence-corrected chi connectivity index (χ0v) is 9.60. The summed E-state index contributed by atoms with van der Waals surface area (Å²) in [6.07, 6.45) is 1.07. The molecule has 1 fully saturated rings. The molecule has 0 aliphatic carbocycles. The molecule has 0 bridgehead atoms. The Morgan fingerprint density at radius 3 is 2.88 bits per heavy atom. The standard InChI is InChI=1S/C13H20N2O/c16-11-13-10-14-7-9-15(13)8-6-12-4-2-1-3-5-12/h1-5,13-14,16H,6-11H2. The molecule has 0 aromatic heterocycles. The van der Waals surface area contributed by atoms with Crippen LogP contribution in [0.1, 0.15) is 5.56 Å². The normalized spacial score (nSPS) is 22.2. The lowest BCUT2D eigenvalue weighted by Crippen LogP contribution is -2.53. The van der Waals surface area contributed by atoms with Gasteiger partial charge in [0.25, 0.3) is 0 Å². The Morgan fingerprint density at radius 1 is 1.31 bits per heavy atom. The van der Waals surface area contributed by atoms with Crippen LogP contribution < -0.4 is 5.32 Å². The largest absolute Gasteiger partial charge is 0.395 e. The van der Waals surface area contributed by atoms with Crippen molar-refractivity contribution in [3.05, 3.63) is 35.9 Å². The molecular weight excluding hydrogens is 200 g/mol. The van der Waals surface area contributed by atoms with Gasteiger partial charge >= 0.3 is 0 Å². The fraction of sp³-hybridized carbons (Fsp3) is 0.538. The van der Waals surface area contributed by atoms with Crippen molar-refractivity contribution in [3.8, 4) is 0 Å². The van der Waals surface area contributed by atoms with Gasteiger partial charge < -0.3 is 10.4 Å². The molecule has 1 unspecified atom stereocenters. The Kier molecular flexibility index (Phi) is 4.34. The van der Waals surface area contributed by atoms with E-state index in [9.17, 15) is 5.11 Å². The first-order valence-corrected chi connectivity index (χ1v) is 5.99. The molecule has 0 radical (unpaired) electrons. The average molecular weight is 220 g/mol. The van der Waals surface area contributed by atoms with Crippen LogP contribution in [0.4, 0.5) is 0 Å². The second kappa shape index (κ2) is 5.99. The minimum absolute atomic E-state index is 0.252. The van der Waals surface area contributed by atoms with Crippen LogP contribution in [0.3, 0.4) is 0 Å². The van der Waals surface area contributed by atoms with E-state index in [0.717, 1.165) is 32.6 Å². The number of nitrogens with one attached hydrogen (secondary N) is 1. The monoisotopic (exact) mass is 220 g/mol. The zero-order chi connectivity index (χ0) is 11.2. The van der Waals surface area contributed by atoms with Gasteiger partial charge in [-0.25, -0.2) is 0 Å². The Bertz CT molecular complexity index is 302. The van der Waals surface area contributed by atoms with Gasteiger partial charge in [0.05, 0.1) is 6.61 Å². The smallest absolute Gasteiger partial charge is 0.0599 e. The number of aliphatic hydroxyl groups excluding tert-OH is 1. The van der Waals surface area contributed by atoms with Gasteiger partial charge in [0, 0.05) is 32.2 Å². The summed E-state index contributed by atoms with van der Waals surface area (Å²) in [5.74, 6) is 0. The highest BCUT2D eigenvalue weighted by atomic mass is 16.3. The number of nitrogens with zero attached hydrogens (tertiary/aromatic N) is 1. The molecule has 1 saturated heterocycles. The molecule has 1 aromatic rings. The van der Waals surface area contributed by atoms with Crippen molar-refractivity contribution in [1.29, 1.82) is 0 Å². The predicted molar refractivity (Wildman–Crippen MR) is 65.5 cm³/mol. The van der Waals surface area contributed by atoms with Gasteiger partial charge in [-0.05, 0) is 12.0 Å². The maximum absolute atomic E-state index is 9.28. The molecule has 2 rings (SSSR count). The first-order chi connectivity index (χ1) is 7.90. The molecule has 88 valence electrons. The number of aliphatic hydroxyl groups is 1. The third kappa shape index (κ3) is 3.04. The molecule has 0 spiro atoms. The number of benzene rings is 1. The summed E-state index contributed by atoms with van der Waals surface area (Å²) in [7, 11) is 0. The Morgan fingerprint density at radius 2 is 2.12 bits per heavy atom. The fourth-order valence-electron chi connectivity index (χ4n) is 2.19. The van der Waals surface area contributed by atoms with E-state index in [4.69, 9.17) is 0 Å². The molecule has 0 amide bonds. The van der Waals surface area contributed by atoms with Crippen LogP contribution in [0.5, 0.6) is 0 Å². The Hall–Kier alpha value is -0.900. The second-order valence-electron chi connectivity index (χ2n) is 4.31. The van der Waals surface area contributed by atoms with E-state index >= 15 is 0 Å². The van der Waals surface area contributed by atoms with Gasteiger partial charge in [0.1, 0.15) is 0 Å². The summed E-state index contributed by atoms with van der Waals surface area (Å²) in [5.41, 5.74) is 1.37. The van der Waals surface area contributed by atoms with Crippen molar-refractivity contribution in [3.63, 3.8) is 0 Å². The summed E-state index contributed by atoms with van der Waals surface area (Å²) in [6, 6.07) is 10.8. The van der Waals surface area contributed by atoms with Crippen LogP contribution in [-0.2, 0) is 6.42 Å². The molecule has 1 heterocycles. The molecule has 1 aliphatic rings. The summed E-state index contributed by atoms with van der Waals surface area (Å²) in [6.45, 7) is 4.27. The van der Waals surface area contributed by atoms with Crippen LogP contribution in [0.15, 0.2) is 30.3 Å². The molecule has 1 aliphatic heterocycles. The van der Waals surface area contributed by atoms with Crippen molar-refractivity contribution in [2.24, 2.45) is 0 Å². The van der Waals surface area contributed by atoms with Gasteiger partial charge in [-0.2, -0.15) is 0 Å². The summed E-state index contributed by atoms with van der Waals surface area (Å²) >= 11 is 0. The summed E-state index contributed by atoms with van der Waals surface area (Å²) in [4.78, 5) is 2.38. The van der Waals surface area contributed by atoms with E-state index in [1.807, 2.05) is 6.07 Å². The highest BCUT2D eigenvalue weighted by Crippen LogP contribution is 2.06. The molecular formula is C13H20N2O. The quantitative estimate of drug-likeness (QED) is 0.775. The molecule has 3 nitrogen and oxygen atoms in total. The minimum atomic E-state index is 0.252. The van der Waals surface area contributed by atoms with Crippen LogP contribution in [0.2, 0.25) is 0 Å². The van der Waals surface area contributed by atoms with Crippen molar-refractivity contribution in [2.75, 3.05) is 32.8 Å². The summed E-state index contributed by atoms with van der Waals surface area (Å²) in [5, 5.41) is 12.6. The van der Waals surface area contributed by atoms with Crippen molar-refractivity contribution in [1.82, 2.24) is 10.2 Å². The Labute approximate surface area is 97.1 Å². The highest BCUT2D eigenvalue weighted by molar-refractivity contribution is 5.14. The van der Waals surface area contributed by atoms with E-state index in [0.29, 0.717) is 0 Å². The van der Waals surface area contributed by atoms with Crippen molar-refractivity contribution >= 4 is 0 Å². The van der Waals surface area contributed by atoms with E-state index in [1.165, 1.54) is 5.56 Å². The third-order valence-corrected chi connectivity index (χ3v) is 3.21. The number of hydrogen-bond donors (Lipinski definition) is 2. The number of piperazine rings is 1. The summed E-state index contributed by atoms with van der Waals surface area (Å²) < 4.78 is 0. The lowest BCUT2D eigenvalue weighted by Gasteiger charge is -2.35. The first kappa shape index (κ1) is 11.6. The first-order valence-electron chi connectivity index (χ1n) is 5.99. The van der Waals surface area contributed by atoms with Gasteiger partial charge in [-0.3, -0.25) is 4.90 Å². The second-order valence-corrected chi connectivity index (χ2v) is 4.31. The molecule has 3 heteroatoms. The van der Waals surface area contributed by atoms with E-state index in [1.54, 1.807) is 0 Å². The van der Waals surface area contributed by atoms with Crippen molar-refractivity contribution < 1.29 is 5.11 Å². The minimum Gasteiger partial charge on any atom is -0.395 e. The molecule has 16 heavy (non-hydrogen) atoms. The van der Waals surface area contributed by atoms with Crippen LogP contribution in [-0.4, -0.2) is 48.8 Å². The molecule has 1 atom stereocenters. The Balaban J connectivity index is 1.84. The van der Waals surface area contributed by atoms with Crippen LogP contribution >= 0.6 is 0 Å². The van der Waals surface area contributed by atoms with Crippen molar-refractivity contribution in [2.45, 2.75) is 12.5 Å². The number of hydrogen-bond acceptors (Lipinski definition) is 3. The van der Waals surface area contributed by atoms with E-state index in [-0.39, 0.29) is 12.6 Å². The van der Waals surface area contributed by atoms with E-state index < -0.39 is 0 Å². The fourth-order valence-corrected chi connectivity index (χ4v) is 2.19. The number of rotatable bonds is 4. The maximum atomic E-state index is 9.28. The lowest BCUT2D eigenvalue weighted by atomic mass is 10.1. The van der Waals surface area contributed by atoms with Crippen LogP contribution in [0, 0.1) is 0 Å². The van der Waals surface area contributed by atoms with Gasteiger partial charge in [0.15, 0.2) is 0 Å². The van der Waals surface area contributed by atoms with Crippen LogP contribution in [0.25, 0.3) is 0 Å². The molecule has 1 aromatic carbocycles. The topological polar surface area (TPSA) is 35.5 Å². The third-order valence-electron chi connectivity index (χ3n) is 3.21.